The first kappa shape index (κ1) is 13.3. The minimum Gasteiger partial charge on any atom is -0.310 e. The SMILES string of the molecule is CCNC(c1ccccc1)C(C)Cc1ccsc1. The van der Waals surface area contributed by atoms with Crippen LogP contribution in [0.3, 0.4) is 0 Å². The maximum absolute atomic E-state index is 3.61. The molecule has 0 aliphatic rings. The Bertz CT molecular complexity index is 435. The average molecular weight is 259 g/mol. The van der Waals surface area contributed by atoms with Crippen LogP contribution in [0.15, 0.2) is 47.2 Å². The minimum atomic E-state index is 0.441. The van der Waals surface area contributed by atoms with Crippen molar-refractivity contribution in [1.82, 2.24) is 5.32 Å². The van der Waals surface area contributed by atoms with E-state index in [-0.39, 0.29) is 0 Å². The highest BCUT2D eigenvalue weighted by Gasteiger charge is 2.18. The third-order valence-electron chi connectivity index (χ3n) is 3.29. The molecule has 1 nitrogen and oxygen atoms in total. The van der Waals surface area contributed by atoms with Crippen molar-refractivity contribution in [1.29, 1.82) is 0 Å². The molecule has 96 valence electrons. The molecule has 0 radical (unpaired) electrons. The minimum absolute atomic E-state index is 0.441. The molecule has 0 saturated carbocycles. The Morgan fingerprint density at radius 2 is 1.94 bits per heavy atom. The van der Waals surface area contributed by atoms with Crippen LogP contribution in [-0.4, -0.2) is 6.54 Å². The van der Waals surface area contributed by atoms with Gasteiger partial charge in [-0.15, -0.1) is 0 Å². The van der Waals surface area contributed by atoms with Crippen LogP contribution in [0.5, 0.6) is 0 Å². The second kappa shape index (κ2) is 6.72. The van der Waals surface area contributed by atoms with Gasteiger partial charge in [0, 0.05) is 6.04 Å². The summed E-state index contributed by atoms with van der Waals surface area (Å²) in [5.41, 5.74) is 2.84. The molecular weight excluding hydrogens is 238 g/mol. The van der Waals surface area contributed by atoms with Crippen LogP contribution in [0, 0.1) is 5.92 Å². The van der Waals surface area contributed by atoms with Crippen LogP contribution < -0.4 is 5.32 Å². The molecule has 2 atom stereocenters. The second-order valence-electron chi connectivity index (χ2n) is 4.76. The van der Waals surface area contributed by atoms with E-state index >= 15 is 0 Å². The predicted molar refractivity (Wildman–Crippen MR) is 80.0 cm³/mol. The second-order valence-corrected chi connectivity index (χ2v) is 5.54. The zero-order chi connectivity index (χ0) is 12.8. The maximum atomic E-state index is 3.61. The summed E-state index contributed by atoms with van der Waals surface area (Å²) in [4.78, 5) is 0. The molecule has 18 heavy (non-hydrogen) atoms. The fourth-order valence-corrected chi connectivity index (χ4v) is 3.11. The van der Waals surface area contributed by atoms with Gasteiger partial charge in [0.2, 0.25) is 0 Å². The Kier molecular flexibility index (Phi) is 4.97. The number of hydrogen-bond donors (Lipinski definition) is 1. The van der Waals surface area contributed by atoms with Gasteiger partial charge in [0.25, 0.3) is 0 Å². The van der Waals surface area contributed by atoms with Crippen molar-refractivity contribution < 1.29 is 0 Å². The zero-order valence-corrected chi connectivity index (χ0v) is 11.9. The van der Waals surface area contributed by atoms with Crippen molar-refractivity contribution >= 4 is 11.3 Å². The van der Waals surface area contributed by atoms with Gasteiger partial charge in [0.15, 0.2) is 0 Å². The first-order valence-corrected chi connectivity index (χ1v) is 7.55. The lowest BCUT2D eigenvalue weighted by Gasteiger charge is -2.25. The lowest BCUT2D eigenvalue weighted by atomic mass is 9.90. The van der Waals surface area contributed by atoms with Crippen molar-refractivity contribution in [2.24, 2.45) is 5.92 Å². The third-order valence-corrected chi connectivity index (χ3v) is 4.02. The molecular formula is C16H21NS. The van der Waals surface area contributed by atoms with E-state index in [1.54, 1.807) is 11.3 Å². The molecule has 2 aromatic rings. The highest BCUT2D eigenvalue weighted by molar-refractivity contribution is 7.07. The fourth-order valence-electron chi connectivity index (χ4n) is 2.43. The summed E-state index contributed by atoms with van der Waals surface area (Å²) in [6.07, 6.45) is 1.13. The summed E-state index contributed by atoms with van der Waals surface area (Å²) in [6, 6.07) is 13.4. The van der Waals surface area contributed by atoms with Crippen molar-refractivity contribution in [3.8, 4) is 0 Å². The standard InChI is InChI=1S/C16H21NS/c1-3-17-16(15-7-5-4-6-8-15)13(2)11-14-9-10-18-12-14/h4-10,12-13,16-17H,3,11H2,1-2H3. The summed E-state index contributed by atoms with van der Waals surface area (Å²) >= 11 is 1.78. The normalized spacial score (nSPS) is 14.3. The summed E-state index contributed by atoms with van der Waals surface area (Å²) in [5, 5.41) is 8.03. The predicted octanol–water partition coefficient (Wildman–Crippen LogP) is 4.28. The van der Waals surface area contributed by atoms with Crippen LogP contribution >= 0.6 is 11.3 Å². The zero-order valence-electron chi connectivity index (χ0n) is 11.1. The third kappa shape index (κ3) is 3.44. The lowest BCUT2D eigenvalue weighted by Crippen LogP contribution is -2.27. The molecule has 1 aromatic carbocycles. The number of benzene rings is 1. The van der Waals surface area contributed by atoms with Crippen LogP contribution in [-0.2, 0) is 6.42 Å². The van der Waals surface area contributed by atoms with E-state index in [9.17, 15) is 0 Å². The van der Waals surface area contributed by atoms with Gasteiger partial charge in [-0.25, -0.2) is 0 Å². The number of thiophene rings is 1. The van der Waals surface area contributed by atoms with Gasteiger partial charge < -0.3 is 5.32 Å². The van der Waals surface area contributed by atoms with Gasteiger partial charge in [0.1, 0.15) is 0 Å². The van der Waals surface area contributed by atoms with E-state index in [1.165, 1.54) is 11.1 Å². The number of hydrogen-bond acceptors (Lipinski definition) is 2. The summed E-state index contributed by atoms with van der Waals surface area (Å²) < 4.78 is 0. The molecule has 1 heterocycles. The Hall–Kier alpha value is -1.12. The van der Waals surface area contributed by atoms with Crippen molar-refractivity contribution in [3.63, 3.8) is 0 Å². The molecule has 0 aliphatic heterocycles. The lowest BCUT2D eigenvalue weighted by molar-refractivity contribution is 0.392. The smallest absolute Gasteiger partial charge is 0.0349 e. The Balaban J connectivity index is 2.09. The van der Waals surface area contributed by atoms with Crippen LogP contribution in [0.2, 0.25) is 0 Å². The maximum Gasteiger partial charge on any atom is 0.0349 e. The van der Waals surface area contributed by atoms with Gasteiger partial charge in [-0.1, -0.05) is 44.2 Å². The Labute approximate surface area is 114 Å². The average Bonchev–Trinajstić information content (AvgIpc) is 2.89. The molecule has 0 amide bonds. The van der Waals surface area contributed by atoms with Gasteiger partial charge >= 0.3 is 0 Å². The van der Waals surface area contributed by atoms with Gasteiger partial charge in [-0.3, -0.25) is 0 Å². The molecule has 0 fully saturated rings. The fraction of sp³-hybridized carbons (Fsp3) is 0.375. The van der Waals surface area contributed by atoms with Crippen LogP contribution in [0.25, 0.3) is 0 Å². The largest absolute Gasteiger partial charge is 0.310 e. The molecule has 2 unspecified atom stereocenters. The molecule has 0 saturated heterocycles. The van der Waals surface area contributed by atoms with Crippen molar-refractivity contribution in [2.75, 3.05) is 6.54 Å². The highest BCUT2D eigenvalue weighted by Crippen LogP contribution is 2.25. The molecule has 2 rings (SSSR count). The van der Waals surface area contributed by atoms with E-state index in [0.29, 0.717) is 12.0 Å². The molecule has 1 aromatic heterocycles. The Morgan fingerprint density at radius 1 is 1.17 bits per heavy atom. The molecule has 1 N–H and O–H groups in total. The topological polar surface area (TPSA) is 12.0 Å². The molecule has 2 heteroatoms. The van der Waals surface area contributed by atoms with Gasteiger partial charge in [-0.2, -0.15) is 11.3 Å². The van der Waals surface area contributed by atoms with Crippen molar-refractivity contribution in [2.45, 2.75) is 26.3 Å². The van der Waals surface area contributed by atoms with Crippen molar-refractivity contribution in [3.05, 3.63) is 58.3 Å². The quantitative estimate of drug-likeness (QED) is 0.816. The summed E-state index contributed by atoms with van der Waals surface area (Å²) in [5.74, 6) is 0.599. The van der Waals surface area contributed by atoms with Crippen LogP contribution in [0.1, 0.15) is 31.0 Å². The summed E-state index contributed by atoms with van der Waals surface area (Å²) in [6.45, 7) is 5.51. The molecule has 0 spiro atoms. The van der Waals surface area contributed by atoms with E-state index in [0.717, 1.165) is 13.0 Å². The highest BCUT2D eigenvalue weighted by atomic mass is 32.1. The molecule has 0 aliphatic carbocycles. The van der Waals surface area contributed by atoms with Gasteiger partial charge in [0.05, 0.1) is 0 Å². The van der Waals surface area contributed by atoms with E-state index in [1.807, 2.05) is 0 Å². The molecule has 0 bridgehead atoms. The van der Waals surface area contributed by atoms with E-state index in [2.05, 4.69) is 66.3 Å². The summed E-state index contributed by atoms with van der Waals surface area (Å²) in [7, 11) is 0. The Morgan fingerprint density at radius 3 is 2.56 bits per heavy atom. The number of nitrogens with one attached hydrogen (secondary N) is 1. The number of rotatable bonds is 6. The van der Waals surface area contributed by atoms with Gasteiger partial charge in [-0.05, 0) is 46.8 Å². The van der Waals surface area contributed by atoms with E-state index in [4.69, 9.17) is 0 Å². The monoisotopic (exact) mass is 259 g/mol. The van der Waals surface area contributed by atoms with Crippen LogP contribution in [0.4, 0.5) is 0 Å². The first-order chi connectivity index (χ1) is 8.81. The first-order valence-electron chi connectivity index (χ1n) is 6.60. The van der Waals surface area contributed by atoms with E-state index < -0.39 is 0 Å².